The van der Waals surface area contributed by atoms with Gasteiger partial charge in [0.15, 0.2) is 17.6 Å². The summed E-state index contributed by atoms with van der Waals surface area (Å²) >= 11 is 0. The zero-order valence-corrected chi connectivity index (χ0v) is 13.5. The third-order valence-electron chi connectivity index (χ3n) is 3.67. The summed E-state index contributed by atoms with van der Waals surface area (Å²) in [7, 11) is 1.62. The normalized spacial score (nSPS) is 15.5. The molecule has 6 heteroatoms. The molecule has 24 heavy (non-hydrogen) atoms. The third kappa shape index (κ3) is 4.10. The number of nitrogens with one attached hydrogen (secondary N) is 2. The topological polar surface area (TPSA) is 68.8 Å². The van der Waals surface area contributed by atoms with E-state index in [9.17, 15) is 4.79 Å². The molecular formula is C18H20N2O4. The highest BCUT2D eigenvalue weighted by molar-refractivity contribution is 5.73. The Bertz CT molecular complexity index is 688. The molecular weight excluding hydrogens is 308 g/mol. The van der Waals surface area contributed by atoms with Crippen LogP contribution in [0, 0.1) is 0 Å². The number of ether oxygens (including phenoxy) is 3. The number of urea groups is 1. The van der Waals surface area contributed by atoms with Crippen LogP contribution in [-0.2, 0) is 6.54 Å². The molecule has 2 N–H and O–H groups in total. The average Bonchev–Trinajstić information content (AvgIpc) is 2.65. The second kappa shape index (κ2) is 7.59. The van der Waals surface area contributed by atoms with Crippen molar-refractivity contribution < 1.29 is 19.0 Å². The summed E-state index contributed by atoms with van der Waals surface area (Å²) in [4.78, 5) is 11.9. The van der Waals surface area contributed by atoms with Crippen LogP contribution in [0.15, 0.2) is 48.5 Å². The molecule has 3 rings (SSSR count). The first-order valence-corrected chi connectivity index (χ1v) is 7.77. The first kappa shape index (κ1) is 16.0. The van der Waals surface area contributed by atoms with Gasteiger partial charge in [-0.15, -0.1) is 0 Å². The molecule has 6 nitrogen and oxygen atoms in total. The first-order chi connectivity index (χ1) is 11.7. The van der Waals surface area contributed by atoms with Gasteiger partial charge < -0.3 is 24.8 Å². The second-order valence-electron chi connectivity index (χ2n) is 5.41. The number of para-hydroxylation sites is 2. The molecule has 0 saturated heterocycles. The quantitative estimate of drug-likeness (QED) is 0.884. The van der Waals surface area contributed by atoms with Crippen molar-refractivity contribution in [2.75, 3.05) is 20.3 Å². The molecule has 0 radical (unpaired) electrons. The number of benzene rings is 2. The Morgan fingerprint density at radius 1 is 1.12 bits per heavy atom. The van der Waals surface area contributed by atoms with E-state index < -0.39 is 0 Å². The van der Waals surface area contributed by atoms with E-state index in [2.05, 4.69) is 10.6 Å². The fourth-order valence-electron chi connectivity index (χ4n) is 2.36. The summed E-state index contributed by atoms with van der Waals surface area (Å²) in [6.45, 7) is 1.24. The van der Waals surface area contributed by atoms with Gasteiger partial charge in [0, 0.05) is 6.54 Å². The molecule has 0 unspecified atom stereocenters. The van der Waals surface area contributed by atoms with E-state index in [0.717, 1.165) is 17.1 Å². The molecule has 1 atom stereocenters. The van der Waals surface area contributed by atoms with Gasteiger partial charge in [0.2, 0.25) is 0 Å². The van der Waals surface area contributed by atoms with Crippen LogP contribution in [0.25, 0.3) is 0 Å². The van der Waals surface area contributed by atoms with E-state index in [1.165, 1.54) is 0 Å². The predicted molar refractivity (Wildman–Crippen MR) is 89.6 cm³/mol. The van der Waals surface area contributed by atoms with Crippen molar-refractivity contribution in [3.8, 4) is 17.2 Å². The van der Waals surface area contributed by atoms with Crippen molar-refractivity contribution in [1.29, 1.82) is 0 Å². The molecule has 0 fully saturated rings. The highest BCUT2D eigenvalue weighted by Gasteiger charge is 2.20. The molecule has 2 aromatic rings. The van der Waals surface area contributed by atoms with Crippen LogP contribution in [0.2, 0.25) is 0 Å². The van der Waals surface area contributed by atoms with Crippen molar-refractivity contribution in [3.05, 3.63) is 54.1 Å². The van der Waals surface area contributed by atoms with Crippen LogP contribution in [0.1, 0.15) is 5.56 Å². The Morgan fingerprint density at radius 3 is 2.62 bits per heavy atom. The van der Waals surface area contributed by atoms with E-state index >= 15 is 0 Å². The lowest BCUT2D eigenvalue weighted by atomic mass is 10.2. The van der Waals surface area contributed by atoms with E-state index in [4.69, 9.17) is 14.2 Å². The summed E-state index contributed by atoms with van der Waals surface area (Å²) in [5, 5.41) is 5.60. The minimum Gasteiger partial charge on any atom is -0.497 e. The number of rotatable bonds is 5. The fourth-order valence-corrected chi connectivity index (χ4v) is 2.36. The van der Waals surface area contributed by atoms with Crippen LogP contribution in [0.3, 0.4) is 0 Å². The number of methoxy groups -OCH3 is 1. The Morgan fingerprint density at radius 2 is 1.88 bits per heavy atom. The number of hydrogen-bond acceptors (Lipinski definition) is 4. The fraction of sp³-hybridized carbons (Fsp3) is 0.278. The minimum absolute atomic E-state index is 0.202. The number of hydrogen-bond donors (Lipinski definition) is 2. The molecule has 126 valence electrons. The number of fused-ring (bicyclic) bond motifs is 1. The summed E-state index contributed by atoms with van der Waals surface area (Å²) in [5.74, 6) is 2.23. The van der Waals surface area contributed by atoms with Gasteiger partial charge in [-0.25, -0.2) is 4.79 Å². The van der Waals surface area contributed by atoms with E-state index in [1.54, 1.807) is 7.11 Å². The van der Waals surface area contributed by atoms with Crippen molar-refractivity contribution >= 4 is 6.03 Å². The maximum Gasteiger partial charge on any atom is 0.315 e. The van der Waals surface area contributed by atoms with Gasteiger partial charge in [-0.3, -0.25) is 0 Å². The second-order valence-corrected chi connectivity index (χ2v) is 5.41. The summed E-state index contributed by atoms with van der Waals surface area (Å²) in [6, 6.07) is 14.8. The molecule has 0 aliphatic carbocycles. The minimum atomic E-state index is -0.242. The maximum atomic E-state index is 11.9. The van der Waals surface area contributed by atoms with Crippen LogP contribution in [0.5, 0.6) is 17.2 Å². The molecule has 2 amide bonds. The van der Waals surface area contributed by atoms with Gasteiger partial charge in [-0.2, -0.15) is 0 Å². The zero-order valence-electron chi connectivity index (χ0n) is 13.5. The lowest BCUT2D eigenvalue weighted by molar-refractivity contribution is 0.0918. The number of amides is 2. The average molecular weight is 328 g/mol. The Labute approximate surface area is 140 Å². The third-order valence-corrected chi connectivity index (χ3v) is 3.67. The van der Waals surface area contributed by atoms with Gasteiger partial charge in [-0.05, 0) is 29.8 Å². The van der Waals surface area contributed by atoms with Crippen LogP contribution < -0.4 is 24.8 Å². The highest BCUT2D eigenvalue weighted by atomic mass is 16.6. The van der Waals surface area contributed by atoms with Gasteiger partial charge in [0.05, 0.1) is 13.7 Å². The van der Waals surface area contributed by atoms with Crippen LogP contribution in [-0.4, -0.2) is 32.4 Å². The van der Waals surface area contributed by atoms with Crippen LogP contribution in [0.4, 0.5) is 4.79 Å². The van der Waals surface area contributed by atoms with E-state index in [0.29, 0.717) is 25.4 Å². The SMILES string of the molecule is COc1ccc(CNC(=O)NC[C@@H]2COc3ccccc3O2)cc1. The molecule has 0 bridgehead atoms. The highest BCUT2D eigenvalue weighted by Crippen LogP contribution is 2.30. The molecule has 2 aromatic carbocycles. The molecule has 1 heterocycles. The van der Waals surface area contributed by atoms with Gasteiger partial charge >= 0.3 is 6.03 Å². The lowest BCUT2D eigenvalue weighted by Gasteiger charge is -2.26. The summed E-state index contributed by atoms with van der Waals surface area (Å²) in [5.41, 5.74) is 0.997. The maximum absolute atomic E-state index is 11.9. The van der Waals surface area contributed by atoms with Crippen molar-refractivity contribution in [2.24, 2.45) is 0 Å². The molecule has 0 spiro atoms. The predicted octanol–water partition coefficient (Wildman–Crippen LogP) is 2.33. The summed E-state index contributed by atoms with van der Waals surface area (Å²) in [6.07, 6.45) is -0.202. The van der Waals surface area contributed by atoms with Crippen molar-refractivity contribution in [1.82, 2.24) is 10.6 Å². The molecule has 1 aliphatic rings. The smallest absolute Gasteiger partial charge is 0.315 e. The van der Waals surface area contributed by atoms with E-state index in [-0.39, 0.29) is 12.1 Å². The number of carbonyl (C=O) groups is 1. The zero-order chi connectivity index (χ0) is 16.8. The van der Waals surface area contributed by atoms with Crippen molar-refractivity contribution in [2.45, 2.75) is 12.6 Å². The van der Waals surface area contributed by atoms with Gasteiger partial charge in [-0.1, -0.05) is 24.3 Å². The Kier molecular flexibility index (Phi) is 5.05. The van der Waals surface area contributed by atoms with E-state index in [1.807, 2.05) is 48.5 Å². The molecule has 0 saturated carbocycles. The molecule has 0 aromatic heterocycles. The monoisotopic (exact) mass is 328 g/mol. The lowest BCUT2D eigenvalue weighted by Crippen LogP contribution is -2.44. The van der Waals surface area contributed by atoms with Gasteiger partial charge in [0.1, 0.15) is 12.4 Å². The Balaban J connectivity index is 1.41. The van der Waals surface area contributed by atoms with Crippen LogP contribution >= 0.6 is 0 Å². The number of carbonyl (C=O) groups excluding carboxylic acids is 1. The largest absolute Gasteiger partial charge is 0.497 e. The van der Waals surface area contributed by atoms with Gasteiger partial charge in [0.25, 0.3) is 0 Å². The van der Waals surface area contributed by atoms with Crippen molar-refractivity contribution in [3.63, 3.8) is 0 Å². The summed E-state index contributed by atoms with van der Waals surface area (Å²) < 4.78 is 16.5. The standard InChI is InChI=1S/C18H20N2O4/c1-22-14-8-6-13(7-9-14)10-19-18(21)20-11-15-12-23-16-4-2-3-5-17(16)24-15/h2-9,15H,10-12H2,1H3,(H2,19,20,21)/t15-/m1/s1. The first-order valence-electron chi connectivity index (χ1n) is 7.77. The Hall–Kier alpha value is -2.89. The molecule has 1 aliphatic heterocycles.